The van der Waals surface area contributed by atoms with E-state index >= 15 is 0 Å². The fourth-order valence-corrected chi connectivity index (χ4v) is 3.04. The molecule has 0 saturated carbocycles. The Morgan fingerprint density at radius 1 is 0.667 bits per heavy atom. The number of rotatable bonds is 3. The zero-order valence-electron chi connectivity index (χ0n) is 16.0. The third-order valence-electron chi connectivity index (χ3n) is 5.04. The molecule has 1 aliphatic heterocycles. The second-order valence-electron chi connectivity index (χ2n) is 8.20. The van der Waals surface area contributed by atoms with Gasteiger partial charge in [-0.1, -0.05) is 41.5 Å². The zero-order valence-corrected chi connectivity index (χ0v) is 16.0. The first-order valence-corrected chi connectivity index (χ1v) is 9.20. The lowest BCUT2D eigenvalue weighted by Gasteiger charge is -2.29. The first-order chi connectivity index (χ1) is 11.1. The standard InChI is InChI=1S/C19H34N2O3/c1-11(2)14-7-15(22)9-16(12(3)4)20-19(24)10-17(13(5)6)21-18(23)8-14/h11-14,16-17H,7-10H2,1-6H3,(H,20,24)(H,21,23). The van der Waals surface area contributed by atoms with E-state index in [-0.39, 0.29) is 59.8 Å². The predicted molar refractivity (Wildman–Crippen MR) is 95.3 cm³/mol. The van der Waals surface area contributed by atoms with Gasteiger partial charge in [0.1, 0.15) is 5.78 Å². The molecule has 1 aliphatic rings. The van der Waals surface area contributed by atoms with Crippen LogP contribution in [0.4, 0.5) is 0 Å². The molecular weight excluding hydrogens is 304 g/mol. The lowest BCUT2D eigenvalue weighted by molar-refractivity contribution is -0.127. The molecule has 5 heteroatoms. The van der Waals surface area contributed by atoms with E-state index in [0.29, 0.717) is 19.3 Å². The molecule has 0 aromatic carbocycles. The number of hydrogen-bond acceptors (Lipinski definition) is 3. The molecule has 1 fully saturated rings. The molecule has 1 rings (SSSR count). The van der Waals surface area contributed by atoms with Crippen molar-refractivity contribution in [2.24, 2.45) is 23.7 Å². The lowest BCUT2D eigenvalue weighted by atomic mass is 9.84. The van der Waals surface area contributed by atoms with Crippen LogP contribution in [0.2, 0.25) is 0 Å². The van der Waals surface area contributed by atoms with Crippen LogP contribution >= 0.6 is 0 Å². The molecule has 0 aliphatic carbocycles. The highest BCUT2D eigenvalue weighted by Gasteiger charge is 2.28. The molecule has 138 valence electrons. The molecule has 2 N–H and O–H groups in total. The molecule has 0 aromatic rings. The average molecular weight is 338 g/mol. The van der Waals surface area contributed by atoms with Gasteiger partial charge < -0.3 is 10.6 Å². The number of carbonyl (C=O) groups is 3. The van der Waals surface area contributed by atoms with Crippen molar-refractivity contribution in [2.75, 3.05) is 0 Å². The number of amides is 2. The largest absolute Gasteiger partial charge is 0.353 e. The summed E-state index contributed by atoms with van der Waals surface area (Å²) in [6.45, 7) is 12.2. The summed E-state index contributed by atoms with van der Waals surface area (Å²) < 4.78 is 0. The number of Topliss-reactive ketones (excluding diaryl/α,β-unsaturated/α-hetero) is 1. The molecule has 1 saturated heterocycles. The van der Waals surface area contributed by atoms with Crippen molar-refractivity contribution in [3.63, 3.8) is 0 Å². The Hall–Kier alpha value is -1.39. The smallest absolute Gasteiger partial charge is 0.222 e. The maximum Gasteiger partial charge on any atom is 0.222 e. The minimum absolute atomic E-state index is 0.0493. The third kappa shape index (κ3) is 6.62. The average Bonchev–Trinajstić information content (AvgIpc) is 2.43. The SMILES string of the molecule is CC(C)C1CC(=O)CC(C(C)C)NC(=O)CC(C(C)C)NC(=O)C1. The maximum atomic E-state index is 12.4. The number of ketones is 1. The minimum Gasteiger partial charge on any atom is -0.353 e. The Kier molecular flexibility index (Phi) is 7.91. The number of nitrogens with one attached hydrogen (secondary N) is 2. The van der Waals surface area contributed by atoms with Crippen LogP contribution in [0.5, 0.6) is 0 Å². The molecule has 0 aromatic heterocycles. The van der Waals surface area contributed by atoms with Gasteiger partial charge in [0.05, 0.1) is 0 Å². The molecule has 3 unspecified atom stereocenters. The Morgan fingerprint density at radius 3 is 1.58 bits per heavy atom. The highest BCUT2D eigenvalue weighted by atomic mass is 16.2. The van der Waals surface area contributed by atoms with Crippen molar-refractivity contribution in [3.8, 4) is 0 Å². The van der Waals surface area contributed by atoms with Crippen molar-refractivity contribution < 1.29 is 14.4 Å². The third-order valence-corrected chi connectivity index (χ3v) is 5.04. The van der Waals surface area contributed by atoms with Crippen LogP contribution < -0.4 is 10.6 Å². The quantitative estimate of drug-likeness (QED) is 0.831. The first kappa shape index (κ1) is 20.7. The van der Waals surface area contributed by atoms with Gasteiger partial charge in [-0.2, -0.15) is 0 Å². The van der Waals surface area contributed by atoms with Gasteiger partial charge >= 0.3 is 0 Å². The number of hydrogen-bond donors (Lipinski definition) is 2. The second kappa shape index (κ2) is 9.19. The van der Waals surface area contributed by atoms with E-state index in [1.165, 1.54) is 0 Å². The van der Waals surface area contributed by atoms with Crippen LogP contribution in [-0.2, 0) is 14.4 Å². The summed E-state index contributed by atoms with van der Waals surface area (Å²) in [5, 5.41) is 5.99. The summed E-state index contributed by atoms with van der Waals surface area (Å²) >= 11 is 0. The summed E-state index contributed by atoms with van der Waals surface area (Å²) in [5.74, 6) is 0.669. The van der Waals surface area contributed by atoms with E-state index in [2.05, 4.69) is 24.5 Å². The van der Waals surface area contributed by atoms with Crippen molar-refractivity contribution in [3.05, 3.63) is 0 Å². The Labute approximate surface area is 146 Å². The van der Waals surface area contributed by atoms with Crippen molar-refractivity contribution >= 4 is 17.6 Å². The fraction of sp³-hybridized carbons (Fsp3) is 0.842. The zero-order chi connectivity index (χ0) is 18.4. The molecule has 0 bridgehead atoms. The van der Waals surface area contributed by atoms with Crippen LogP contribution in [0.3, 0.4) is 0 Å². The first-order valence-electron chi connectivity index (χ1n) is 9.20. The molecule has 0 spiro atoms. The van der Waals surface area contributed by atoms with E-state index in [1.54, 1.807) is 0 Å². The maximum absolute atomic E-state index is 12.4. The van der Waals surface area contributed by atoms with E-state index in [4.69, 9.17) is 0 Å². The fourth-order valence-electron chi connectivity index (χ4n) is 3.04. The minimum atomic E-state index is -0.173. The molecule has 1 heterocycles. The molecule has 2 amide bonds. The van der Waals surface area contributed by atoms with Gasteiger partial charge in [0.2, 0.25) is 11.8 Å². The predicted octanol–water partition coefficient (Wildman–Crippen LogP) is 2.68. The normalized spacial score (nSPS) is 27.7. The van der Waals surface area contributed by atoms with Gasteiger partial charge in [0.15, 0.2) is 0 Å². The lowest BCUT2D eigenvalue weighted by Crippen LogP contribution is -2.47. The van der Waals surface area contributed by atoms with E-state index < -0.39 is 0 Å². The van der Waals surface area contributed by atoms with Gasteiger partial charge in [-0.15, -0.1) is 0 Å². The Morgan fingerprint density at radius 2 is 1.12 bits per heavy atom. The van der Waals surface area contributed by atoms with Gasteiger partial charge in [-0.3, -0.25) is 14.4 Å². The summed E-state index contributed by atoms with van der Waals surface area (Å²) in [6, 6.07) is -0.311. The molecule has 24 heavy (non-hydrogen) atoms. The van der Waals surface area contributed by atoms with Gasteiger partial charge in [-0.25, -0.2) is 0 Å². The Balaban J connectivity index is 3.01. The highest BCUT2D eigenvalue weighted by Crippen LogP contribution is 2.23. The topological polar surface area (TPSA) is 75.3 Å². The van der Waals surface area contributed by atoms with Gasteiger partial charge in [0, 0.05) is 37.8 Å². The van der Waals surface area contributed by atoms with E-state index in [0.717, 1.165) is 0 Å². The second-order valence-corrected chi connectivity index (χ2v) is 8.20. The van der Waals surface area contributed by atoms with Crippen molar-refractivity contribution in [2.45, 2.75) is 79.3 Å². The number of carbonyl (C=O) groups excluding carboxylic acids is 3. The summed E-state index contributed by atoms with van der Waals surface area (Å²) in [4.78, 5) is 37.1. The summed E-state index contributed by atoms with van der Waals surface area (Å²) in [6.07, 6.45) is 1.35. The molecular formula is C19H34N2O3. The van der Waals surface area contributed by atoms with Crippen LogP contribution in [0.1, 0.15) is 67.2 Å². The van der Waals surface area contributed by atoms with Crippen molar-refractivity contribution in [1.82, 2.24) is 10.6 Å². The molecule has 0 radical (unpaired) electrons. The summed E-state index contributed by atoms with van der Waals surface area (Å²) in [7, 11) is 0. The van der Waals surface area contributed by atoms with Gasteiger partial charge in [0.25, 0.3) is 0 Å². The monoisotopic (exact) mass is 338 g/mol. The van der Waals surface area contributed by atoms with Gasteiger partial charge in [-0.05, 0) is 23.7 Å². The molecule has 5 nitrogen and oxygen atoms in total. The van der Waals surface area contributed by atoms with Crippen LogP contribution in [0.25, 0.3) is 0 Å². The summed E-state index contributed by atoms with van der Waals surface area (Å²) in [5.41, 5.74) is 0. The molecule has 3 atom stereocenters. The highest BCUT2D eigenvalue weighted by molar-refractivity contribution is 5.84. The Bertz CT molecular complexity index is 367. The van der Waals surface area contributed by atoms with Crippen molar-refractivity contribution in [1.29, 1.82) is 0 Å². The van der Waals surface area contributed by atoms with Crippen LogP contribution in [0, 0.1) is 23.7 Å². The van der Waals surface area contributed by atoms with E-state index in [1.807, 2.05) is 27.7 Å². The van der Waals surface area contributed by atoms with Crippen LogP contribution in [0.15, 0.2) is 0 Å². The van der Waals surface area contributed by atoms with E-state index in [9.17, 15) is 14.4 Å². The van der Waals surface area contributed by atoms with Crippen LogP contribution in [-0.4, -0.2) is 29.7 Å².